The number of hydrogen-bond acceptors (Lipinski definition) is 5. The second-order valence-electron chi connectivity index (χ2n) is 6.22. The fourth-order valence-corrected chi connectivity index (χ4v) is 3.34. The van der Waals surface area contributed by atoms with Crippen LogP contribution >= 0.6 is 11.3 Å². The Balaban J connectivity index is 1.50. The van der Waals surface area contributed by atoms with Crippen LogP contribution in [0.3, 0.4) is 0 Å². The van der Waals surface area contributed by atoms with Gasteiger partial charge in [-0.05, 0) is 61.2 Å². The number of nitriles is 1. The first-order chi connectivity index (χ1) is 13.7. The van der Waals surface area contributed by atoms with Crippen LogP contribution in [0, 0.1) is 11.3 Å². The summed E-state index contributed by atoms with van der Waals surface area (Å²) >= 11 is 1.69. The van der Waals surface area contributed by atoms with Crippen molar-refractivity contribution in [1.29, 1.82) is 5.26 Å². The van der Waals surface area contributed by atoms with E-state index in [0.29, 0.717) is 23.6 Å². The quantitative estimate of drug-likeness (QED) is 0.590. The lowest BCUT2D eigenvalue weighted by atomic mass is 10.2. The third-order valence-corrected chi connectivity index (χ3v) is 5.05. The van der Waals surface area contributed by atoms with Crippen molar-refractivity contribution < 1.29 is 9.53 Å². The van der Waals surface area contributed by atoms with Crippen molar-refractivity contribution in [3.05, 3.63) is 76.5 Å². The average Bonchev–Trinajstić information content (AvgIpc) is 3.23. The molecule has 28 heavy (non-hydrogen) atoms. The van der Waals surface area contributed by atoms with Crippen LogP contribution < -0.4 is 15.4 Å². The zero-order chi connectivity index (χ0) is 19.8. The van der Waals surface area contributed by atoms with Gasteiger partial charge < -0.3 is 15.4 Å². The van der Waals surface area contributed by atoms with Crippen molar-refractivity contribution in [2.45, 2.75) is 19.4 Å². The van der Waals surface area contributed by atoms with Gasteiger partial charge in [0.05, 0.1) is 5.56 Å². The molecule has 2 aromatic carbocycles. The van der Waals surface area contributed by atoms with Crippen molar-refractivity contribution in [2.75, 3.05) is 11.9 Å². The number of thiophene rings is 1. The summed E-state index contributed by atoms with van der Waals surface area (Å²) in [6, 6.07) is 20.2. The molecule has 0 fully saturated rings. The molecule has 0 saturated heterocycles. The maximum atomic E-state index is 12.2. The molecule has 0 aliphatic carbocycles. The second-order valence-corrected chi connectivity index (χ2v) is 7.25. The normalized spacial score (nSPS) is 11.3. The molecule has 6 heteroatoms. The largest absolute Gasteiger partial charge is 0.456 e. The Morgan fingerprint density at radius 3 is 2.64 bits per heavy atom. The van der Waals surface area contributed by atoms with Crippen LogP contribution in [0.2, 0.25) is 0 Å². The van der Waals surface area contributed by atoms with E-state index in [-0.39, 0.29) is 11.9 Å². The molecule has 142 valence electrons. The van der Waals surface area contributed by atoms with Gasteiger partial charge in [0.2, 0.25) is 5.91 Å². The van der Waals surface area contributed by atoms with Crippen molar-refractivity contribution in [3.63, 3.8) is 0 Å². The topological polar surface area (TPSA) is 74.1 Å². The summed E-state index contributed by atoms with van der Waals surface area (Å²) in [6.07, 6.45) is 0.840. The van der Waals surface area contributed by atoms with Gasteiger partial charge in [0, 0.05) is 17.1 Å². The third kappa shape index (κ3) is 5.35. The van der Waals surface area contributed by atoms with Crippen LogP contribution in [0.1, 0.15) is 17.4 Å². The molecule has 5 nitrogen and oxygen atoms in total. The Kier molecular flexibility index (Phi) is 6.66. The highest BCUT2D eigenvalue weighted by atomic mass is 32.1. The lowest BCUT2D eigenvalue weighted by Crippen LogP contribution is -2.38. The van der Waals surface area contributed by atoms with E-state index in [9.17, 15) is 4.79 Å². The summed E-state index contributed by atoms with van der Waals surface area (Å²) < 4.78 is 5.77. The number of para-hydroxylation sites is 1. The average molecular weight is 391 g/mol. The first-order valence-corrected chi connectivity index (χ1v) is 9.87. The number of ether oxygens (including phenoxy) is 1. The van der Waals surface area contributed by atoms with Gasteiger partial charge in [0.1, 0.15) is 23.6 Å². The number of amides is 1. The van der Waals surface area contributed by atoms with Crippen molar-refractivity contribution in [2.24, 2.45) is 0 Å². The molecule has 0 aliphatic heterocycles. The van der Waals surface area contributed by atoms with Crippen LogP contribution in [0.25, 0.3) is 0 Å². The summed E-state index contributed by atoms with van der Waals surface area (Å²) in [5, 5.41) is 17.3. The zero-order valence-corrected chi connectivity index (χ0v) is 16.3. The lowest BCUT2D eigenvalue weighted by Gasteiger charge is -2.15. The minimum atomic E-state index is -0.352. The van der Waals surface area contributed by atoms with Gasteiger partial charge >= 0.3 is 0 Å². The standard InChI is InChI=1S/C22H21N3O2S/c1-16(22(26)24-13-12-20-6-4-14-28-20)25-18-8-10-19(11-9-18)27-21-7-3-2-5-17(21)15-23/h2-11,14,16,25H,12-13H2,1H3,(H,24,26). The number of carbonyl (C=O) groups is 1. The molecular weight excluding hydrogens is 370 g/mol. The van der Waals surface area contributed by atoms with Gasteiger partial charge in [0.25, 0.3) is 0 Å². The highest BCUT2D eigenvalue weighted by Gasteiger charge is 2.12. The summed E-state index contributed by atoms with van der Waals surface area (Å²) in [6.45, 7) is 2.45. The number of nitrogens with zero attached hydrogens (tertiary/aromatic N) is 1. The number of rotatable bonds is 8. The SMILES string of the molecule is CC(Nc1ccc(Oc2ccccc2C#N)cc1)C(=O)NCCc1cccs1. The van der Waals surface area contributed by atoms with E-state index in [2.05, 4.69) is 22.8 Å². The fraction of sp³-hybridized carbons (Fsp3) is 0.182. The molecule has 0 spiro atoms. The zero-order valence-electron chi connectivity index (χ0n) is 15.5. The molecule has 1 unspecified atom stereocenters. The highest BCUT2D eigenvalue weighted by Crippen LogP contribution is 2.26. The first-order valence-electron chi connectivity index (χ1n) is 8.99. The van der Waals surface area contributed by atoms with Gasteiger partial charge in [-0.3, -0.25) is 4.79 Å². The van der Waals surface area contributed by atoms with Crippen LogP contribution in [0.5, 0.6) is 11.5 Å². The van der Waals surface area contributed by atoms with E-state index in [1.165, 1.54) is 4.88 Å². The monoisotopic (exact) mass is 391 g/mol. The molecule has 1 aromatic heterocycles. The van der Waals surface area contributed by atoms with Gasteiger partial charge in [-0.15, -0.1) is 11.3 Å². The van der Waals surface area contributed by atoms with E-state index in [1.807, 2.05) is 36.6 Å². The van der Waals surface area contributed by atoms with E-state index in [0.717, 1.165) is 12.1 Å². The first kappa shape index (κ1) is 19.5. The lowest BCUT2D eigenvalue weighted by molar-refractivity contribution is -0.121. The summed E-state index contributed by atoms with van der Waals surface area (Å²) in [5.74, 6) is 1.10. The maximum Gasteiger partial charge on any atom is 0.242 e. The van der Waals surface area contributed by atoms with Crippen LogP contribution in [-0.2, 0) is 11.2 Å². The molecule has 0 saturated carbocycles. The molecule has 3 aromatic rings. The Labute approximate surface area is 168 Å². The van der Waals surface area contributed by atoms with Crippen LogP contribution in [0.15, 0.2) is 66.0 Å². The molecule has 1 heterocycles. The summed E-state index contributed by atoms with van der Waals surface area (Å²) in [7, 11) is 0. The number of nitrogens with one attached hydrogen (secondary N) is 2. The summed E-state index contributed by atoms with van der Waals surface area (Å²) in [5.41, 5.74) is 1.30. The van der Waals surface area contributed by atoms with Crippen molar-refractivity contribution >= 4 is 22.9 Å². The molecular formula is C22H21N3O2S. The molecule has 3 rings (SSSR count). The Morgan fingerprint density at radius 1 is 1.14 bits per heavy atom. The molecule has 1 amide bonds. The van der Waals surface area contributed by atoms with E-state index >= 15 is 0 Å². The number of hydrogen-bond donors (Lipinski definition) is 2. The van der Waals surface area contributed by atoms with Gasteiger partial charge in [-0.1, -0.05) is 18.2 Å². The van der Waals surface area contributed by atoms with E-state index in [4.69, 9.17) is 10.00 Å². The minimum absolute atomic E-state index is 0.0418. The highest BCUT2D eigenvalue weighted by molar-refractivity contribution is 7.09. The van der Waals surface area contributed by atoms with Crippen LogP contribution in [-0.4, -0.2) is 18.5 Å². The molecule has 0 radical (unpaired) electrons. The summed E-state index contributed by atoms with van der Waals surface area (Å²) in [4.78, 5) is 13.5. The molecule has 0 aliphatic rings. The molecule has 0 bridgehead atoms. The van der Waals surface area contributed by atoms with Gasteiger partial charge in [0.15, 0.2) is 0 Å². The van der Waals surface area contributed by atoms with Gasteiger partial charge in [-0.2, -0.15) is 5.26 Å². The number of carbonyl (C=O) groups excluding carboxylic acids is 1. The predicted molar refractivity (Wildman–Crippen MR) is 112 cm³/mol. The molecule has 2 N–H and O–H groups in total. The second kappa shape index (κ2) is 9.58. The van der Waals surface area contributed by atoms with E-state index in [1.54, 1.807) is 41.7 Å². The van der Waals surface area contributed by atoms with Crippen molar-refractivity contribution in [1.82, 2.24) is 5.32 Å². The Bertz CT molecular complexity index is 947. The van der Waals surface area contributed by atoms with Crippen LogP contribution in [0.4, 0.5) is 5.69 Å². The Hall–Kier alpha value is -3.30. The minimum Gasteiger partial charge on any atom is -0.456 e. The number of anilines is 1. The fourth-order valence-electron chi connectivity index (χ4n) is 2.63. The van der Waals surface area contributed by atoms with Crippen molar-refractivity contribution in [3.8, 4) is 17.6 Å². The number of benzene rings is 2. The third-order valence-electron chi connectivity index (χ3n) is 4.12. The van der Waals surface area contributed by atoms with Gasteiger partial charge in [-0.25, -0.2) is 0 Å². The van der Waals surface area contributed by atoms with E-state index < -0.39 is 0 Å². The maximum absolute atomic E-state index is 12.2. The molecule has 1 atom stereocenters. The smallest absolute Gasteiger partial charge is 0.242 e. The predicted octanol–water partition coefficient (Wildman–Crippen LogP) is 4.57. The Morgan fingerprint density at radius 2 is 1.93 bits per heavy atom.